The fourth-order valence-electron chi connectivity index (χ4n) is 1.64. The maximum Gasteiger partial charge on any atom is 0.166 e. The summed E-state index contributed by atoms with van der Waals surface area (Å²) in [5, 5.41) is 0. The fourth-order valence-corrected chi connectivity index (χ4v) is 1.64. The number of hydrogen-bond donors (Lipinski definition) is 0. The van der Waals surface area contributed by atoms with Gasteiger partial charge in [-0.2, -0.15) is 0 Å². The molecule has 0 aromatic heterocycles. The van der Waals surface area contributed by atoms with Gasteiger partial charge in [-0.3, -0.25) is 4.79 Å². The Morgan fingerprint density at radius 1 is 1.23 bits per heavy atom. The van der Waals surface area contributed by atoms with E-state index in [1.807, 2.05) is 18.2 Å². The van der Waals surface area contributed by atoms with Crippen LogP contribution in [0.1, 0.15) is 27.7 Å². The van der Waals surface area contributed by atoms with Gasteiger partial charge in [0.15, 0.2) is 5.78 Å². The number of rotatable bonds is 2. The first-order chi connectivity index (χ1) is 6.04. The van der Waals surface area contributed by atoms with Gasteiger partial charge in [0.25, 0.3) is 0 Å². The Labute approximate surface area is 80.5 Å². The SMILES string of the molecule is CC(C)C1=CC=CC(C(C)C)C1=O. The molecule has 1 nitrogen and oxygen atoms in total. The highest BCUT2D eigenvalue weighted by atomic mass is 16.1. The van der Waals surface area contributed by atoms with Gasteiger partial charge in [0.1, 0.15) is 0 Å². The number of hydrogen-bond acceptors (Lipinski definition) is 1. The highest BCUT2D eigenvalue weighted by molar-refractivity contribution is 6.00. The van der Waals surface area contributed by atoms with Gasteiger partial charge in [0.05, 0.1) is 0 Å². The van der Waals surface area contributed by atoms with Crippen LogP contribution in [-0.4, -0.2) is 5.78 Å². The van der Waals surface area contributed by atoms with E-state index < -0.39 is 0 Å². The van der Waals surface area contributed by atoms with Crippen molar-refractivity contribution in [3.63, 3.8) is 0 Å². The average molecular weight is 178 g/mol. The van der Waals surface area contributed by atoms with Crippen LogP contribution in [0.15, 0.2) is 23.8 Å². The molecule has 0 saturated carbocycles. The predicted octanol–water partition coefficient (Wildman–Crippen LogP) is 2.98. The maximum absolute atomic E-state index is 11.9. The summed E-state index contributed by atoms with van der Waals surface area (Å²) >= 11 is 0. The summed E-state index contributed by atoms with van der Waals surface area (Å²) in [6.45, 7) is 8.33. The van der Waals surface area contributed by atoms with E-state index in [-0.39, 0.29) is 5.92 Å². The largest absolute Gasteiger partial charge is 0.294 e. The van der Waals surface area contributed by atoms with Crippen molar-refractivity contribution in [3.8, 4) is 0 Å². The lowest BCUT2D eigenvalue weighted by molar-refractivity contribution is -0.119. The molecule has 13 heavy (non-hydrogen) atoms. The predicted molar refractivity (Wildman–Crippen MR) is 55.4 cm³/mol. The lowest BCUT2D eigenvalue weighted by Gasteiger charge is -2.22. The van der Waals surface area contributed by atoms with E-state index in [9.17, 15) is 4.79 Å². The summed E-state index contributed by atoms with van der Waals surface area (Å²) in [7, 11) is 0. The highest BCUT2D eigenvalue weighted by Gasteiger charge is 2.25. The van der Waals surface area contributed by atoms with Gasteiger partial charge >= 0.3 is 0 Å². The molecule has 1 aliphatic carbocycles. The quantitative estimate of drug-likeness (QED) is 0.635. The zero-order valence-corrected chi connectivity index (χ0v) is 8.87. The van der Waals surface area contributed by atoms with Gasteiger partial charge in [-0.05, 0) is 17.4 Å². The van der Waals surface area contributed by atoms with Crippen molar-refractivity contribution in [1.29, 1.82) is 0 Å². The lowest BCUT2D eigenvalue weighted by atomic mass is 9.81. The molecular weight excluding hydrogens is 160 g/mol. The molecule has 0 aliphatic heterocycles. The summed E-state index contributed by atoms with van der Waals surface area (Å²) in [6.07, 6.45) is 5.98. The minimum absolute atomic E-state index is 0.0994. The lowest BCUT2D eigenvalue weighted by Crippen LogP contribution is -2.24. The first-order valence-electron chi connectivity index (χ1n) is 4.96. The Kier molecular flexibility index (Phi) is 3.07. The van der Waals surface area contributed by atoms with Crippen molar-refractivity contribution in [2.75, 3.05) is 0 Å². The van der Waals surface area contributed by atoms with Crippen molar-refractivity contribution in [1.82, 2.24) is 0 Å². The summed E-state index contributed by atoms with van der Waals surface area (Å²) < 4.78 is 0. The Balaban J connectivity index is 2.87. The van der Waals surface area contributed by atoms with E-state index in [0.717, 1.165) is 5.57 Å². The molecular formula is C12H18O. The molecule has 0 aromatic carbocycles. The normalized spacial score (nSPS) is 22.8. The van der Waals surface area contributed by atoms with E-state index in [0.29, 0.717) is 17.6 Å². The molecule has 0 saturated heterocycles. The Morgan fingerprint density at radius 3 is 2.31 bits per heavy atom. The Morgan fingerprint density at radius 2 is 1.85 bits per heavy atom. The summed E-state index contributed by atoms with van der Waals surface area (Å²) in [5.41, 5.74) is 0.973. The van der Waals surface area contributed by atoms with Crippen LogP contribution in [0.3, 0.4) is 0 Å². The van der Waals surface area contributed by atoms with Crippen molar-refractivity contribution >= 4 is 5.78 Å². The third-order valence-corrected chi connectivity index (χ3v) is 2.52. The second-order valence-electron chi connectivity index (χ2n) is 4.30. The van der Waals surface area contributed by atoms with Gasteiger partial charge in [0.2, 0.25) is 0 Å². The first kappa shape index (κ1) is 10.2. The van der Waals surface area contributed by atoms with Crippen LogP contribution < -0.4 is 0 Å². The molecule has 0 amide bonds. The number of ketones is 1. The van der Waals surface area contributed by atoms with Crippen LogP contribution in [0.5, 0.6) is 0 Å². The van der Waals surface area contributed by atoms with Crippen molar-refractivity contribution in [2.24, 2.45) is 17.8 Å². The first-order valence-corrected chi connectivity index (χ1v) is 4.96. The van der Waals surface area contributed by atoms with Gasteiger partial charge < -0.3 is 0 Å². The van der Waals surface area contributed by atoms with Gasteiger partial charge in [-0.1, -0.05) is 45.9 Å². The van der Waals surface area contributed by atoms with Crippen molar-refractivity contribution < 1.29 is 4.79 Å². The van der Waals surface area contributed by atoms with Crippen LogP contribution in [0.25, 0.3) is 0 Å². The molecule has 0 N–H and O–H groups in total. The summed E-state index contributed by atoms with van der Waals surface area (Å²) in [5.74, 6) is 1.17. The van der Waals surface area contributed by atoms with Crippen LogP contribution in [0, 0.1) is 17.8 Å². The molecule has 0 aromatic rings. The molecule has 1 unspecified atom stereocenters. The third kappa shape index (κ3) is 2.09. The van der Waals surface area contributed by atoms with Crippen LogP contribution in [0.4, 0.5) is 0 Å². The van der Waals surface area contributed by atoms with E-state index in [4.69, 9.17) is 0 Å². The Bertz CT molecular complexity index is 256. The van der Waals surface area contributed by atoms with Gasteiger partial charge in [-0.15, -0.1) is 0 Å². The topological polar surface area (TPSA) is 17.1 Å². The van der Waals surface area contributed by atoms with Crippen molar-refractivity contribution in [2.45, 2.75) is 27.7 Å². The van der Waals surface area contributed by atoms with Crippen LogP contribution in [0.2, 0.25) is 0 Å². The molecule has 0 heterocycles. The minimum Gasteiger partial charge on any atom is -0.294 e. The van der Waals surface area contributed by atoms with Crippen LogP contribution >= 0.6 is 0 Å². The molecule has 1 atom stereocenters. The molecule has 72 valence electrons. The molecule has 0 spiro atoms. The standard InChI is InChI=1S/C12H18O/c1-8(2)10-6-5-7-11(9(3)4)12(10)13/h5-10H,1-4H3. The highest BCUT2D eigenvalue weighted by Crippen LogP contribution is 2.25. The monoisotopic (exact) mass is 178 g/mol. The molecule has 0 bridgehead atoms. The van der Waals surface area contributed by atoms with E-state index in [1.54, 1.807) is 0 Å². The molecule has 1 aliphatic rings. The molecule has 1 rings (SSSR count). The Hall–Kier alpha value is -0.850. The summed E-state index contributed by atoms with van der Waals surface area (Å²) in [6, 6.07) is 0. The fraction of sp³-hybridized carbons (Fsp3) is 0.583. The number of Topliss-reactive ketones (excluding diaryl/α,β-unsaturated/α-hetero) is 1. The van der Waals surface area contributed by atoms with E-state index in [1.165, 1.54) is 0 Å². The smallest absolute Gasteiger partial charge is 0.166 e. The van der Waals surface area contributed by atoms with Gasteiger partial charge in [-0.25, -0.2) is 0 Å². The summed E-state index contributed by atoms with van der Waals surface area (Å²) in [4.78, 5) is 11.9. The van der Waals surface area contributed by atoms with Crippen molar-refractivity contribution in [3.05, 3.63) is 23.8 Å². The second-order valence-corrected chi connectivity index (χ2v) is 4.30. The molecule has 1 heteroatoms. The molecule has 0 radical (unpaired) electrons. The van der Waals surface area contributed by atoms with Gasteiger partial charge in [0, 0.05) is 5.92 Å². The number of carbonyl (C=O) groups is 1. The zero-order chi connectivity index (χ0) is 10.0. The van der Waals surface area contributed by atoms with E-state index >= 15 is 0 Å². The molecule has 0 fully saturated rings. The number of carbonyl (C=O) groups excluding carboxylic acids is 1. The average Bonchev–Trinajstić information content (AvgIpc) is 2.03. The van der Waals surface area contributed by atoms with Crippen LogP contribution in [-0.2, 0) is 4.79 Å². The third-order valence-electron chi connectivity index (χ3n) is 2.52. The second kappa shape index (κ2) is 3.91. The maximum atomic E-state index is 11.9. The number of allylic oxidation sites excluding steroid dienone is 4. The minimum atomic E-state index is 0.0994. The van der Waals surface area contributed by atoms with E-state index in [2.05, 4.69) is 27.7 Å². The zero-order valence-electron chi connectivity index (χ0n) is 8.87.